The summed E-state index contributed by atoms with van der Waals surface area (Å²) in [7, 11) is 0. The fraction of sp³-hybridized carbons (Fsp3) is 0.457. The molecule has 226 valence electrons. The van der Waals surface area contributed by atoms with Gasteiger partial charge >= 0.3 is 6.09 Å². The van der Waals surface area contributed by atoms with Crippen molar-refractivity contribution in [1.82, 2.24) is 10.2 Å². The highest BCUT2D eigenvalue weighted by Crippen LogP contribution is 2.30. The van der Waals surface area contributed by atoms with E-state index in [1.165, 1.54) is 0 Å². The minimum absolute atomic E-state index is 0.183. The zero-order valence-electron chi connectivity index (χ0n) is 26.4. The van der Waals surface area contributed by atoms with Gasteiger partial charge in [0, 0.05) is 12.2 Å². The summed E-state index contributed by atoms with van der Waals surface area (Å²) in [6.07, 6.45) is 1.55. The number of hydrogen-bond acceptors (Lipinski definition) is 4. The summed E-state index contributed by atoms with van der Waals surface area (Å²) in [5, 5.41) is 8.02. The van der Waals surface area contributed by atoms with Gasteiger partial charge in [-0.2, -0.15) is 0 Å². The number of carbonyl (C=O) groups excluding carboxylic acids is 3. The Labute approximate surface area is 251 Å². The number of nitrogens with one attached hydrogen (secondary N) is 2. The molecule has 2 N–H and O–H groups in total. The van der Waals surface area contributed by atoms with E-state index < -0.39 is 23.8 Å². The van der Waals surface area contributed by atoms with Crippen molar-refractivity contribution in [2.24, 2.45) is 5.92 Å². The van der Waals surface area contributed by atoms with E-state index in [-0.39, 0.29) is 17.7 Å². The Kier molecular flexibility index (Phi) is 11.1. The molecule has 3 rings (SSSR count). The van der Waals surface area contributed by atoms with Crippen LogP contribution in [0.1, 0.15) is 83.5 Å². The maximum absolute atomic E-state index is 14.5. The second-order valence-electron chi connectivity index (χ2n) is 12.1. The van der Waals surface area contributed by atoms with Crippen LogP contribution in [0, 0.1) is 19.8 Å². The van der Waals surface area contributed by atoms with E-state index in [0.717, 1.165) is 33.9 Å². The molecule has 3 amide bonds. The van der Waals surface area contributed by atoms with Crippen LogP contribution in [0.5, 0.6) is 0 Å². The number of rotatable bonds is 11. The lowest BCUT2D eigenvalue weighted by Crippen LogP contribution is -2.55. The van der Waals surface area contributed by atoms with Crippen LogP contribution >= 0.6 is 0 Å². The number of fused-ring (bicyclic) bond motifs is 1. The Bertz CT molecular complexity index is 1390. The standard InChI is InChI=1S/C35H47N3O4/c1-9-11-21-38(33(40)30(23(3)10-2)37-34(41)42-35(6,7)8)31(29-18-14-15-24(4)25(29)5)32(39)36-28-20-19-26-16-12-13-17-27(26)22-28/h12-20,22-23,30-31H,9-11,21H2,1-8H3,(H,36,39)(H,37,41). The smallest absolute Gasteiger partial charge is 0.408 e. The molecule has 0 radical (unpaired) electrons. The number of unbranched alkanes of at least 4 members (excludes halogenated alkanes) is 1. The van der Waals surface area contributed by atoms with E-state index in [1.807, 2.05) is 88.4 Å². The van der Waals surface area contributed by atoms with Gasteiger partial charge in [0.2, 0.25) is 5.91 Å². The molecular formula is C35H47N3O4. The molecular weight excluding hydrogens is 526 g/mol. The minimum atomic E-state index is -0.901. The monoisotopic (exact) mass is 573 g/mol. The molecule has 7 nitrogen and oxygen atoms in total. The maximum atomic E-state index is 14.5. The van der Waals surface area contributed by atoms with Gasteiger partial charge < -0.3 is 20.3 Å². The number of benzene rings is 3. The van der Waals surface area contributed by atoms with Crippen LogP contribution in [0.25, 0.3) is 10.8 Å². The van der Waals surface area contributed by atoms with E-state index in [1.54, 1.807) is 25.7 Å². The molecule has 0 fully saturated rings. The lowest BCUT2D eigenvalue weighted by Gasteiger charge is -2.36. The zero-order valence-corrected chi connectivity index (χ0v) is 26.4. The number of aryl methyl sites for hydroxylation is 1. The molecule has 0 saturated heterocycles. The van der Waals surface area contributed by atoms with Crippen molar-refractivity contribution in [2.75, 3.05) is 11.9 Å². The molecule has 0 bridgehead atoms. The molecule has 3 aromatic carbocycles. The Morgan fingerprint density at radius 2 is 1.62 bits per heavy atom. The van der Waals surface area contributed by atoms with Gasteiger partial charge in [0.1, 0.15) is 17.7 Å². The largest absolute Gasteiger partial charge is 0.444 e. The van der Waals surface area contributed by atoms with E-state index in [2.05, 4.69) is 17.6 Å². The first-order valence-corrected chi connectivity index (χ1v) is 15.0. The number of carbonyl (C=O) groups is 3. The van der Waals surface area contributed by atoms with Crippen LogP contribution in [0.2, 0.25) is 0 Å². The first kappa shape index (κ1) is 32.6. The van der Waals surface area contributed by atoms with Crippen molar-refractivity contribution in [1.29, 1.82) is 0 Å². The summed E-state index contributed by atoms with van der Waals surface area (Å²) in [5.74, 6) is -0.788. The predicted octanol–water partition coefficient (Wildman–Crippen LogP) is 7.70. The molecule has 0 aliphatic heterocycles. The van der Waals surface area contributed by atoms with Crippen LogP contribution < -0.4 is 10.6 Å². The predicted molar refractivity (Wildman–Crippen MR) is 170 cm³/mol. The minimum Gasteiger partial charge on any atom is -0.444 e. The van der Waals surface area contributed by atoms with Gasteiger partial charge in [-0.05, 0) is 86.6 Å². The highest BCUT2D eigenvalue weighted by molar-refractivity contribution is 6.00. The van der Waals surface area contributed by atoms with Crippen molar-refractivity contribution in [2.45, 2.75) is 92.3 Å². The lowest BCUT2D eigenvalue weighted by molar-refractivity contribution is -0.142. The van der Waals surface area contributed by atoms with Crippen LogP contribution in [-0.4, -0.2) is 41.0 Å². The van der Waals surface area contributed by atoms with E-state index in [0.29, 0.717) is 25.1 Å². The summed E-state index contributed by atoms with van der Waals surface area (Å²) in [6.45, 7) is 15.7. The fourth-order valence-corrected chi connectivity index (χ4v) is 4.99. The van der Waals surface area contributed by atoms with Crippen molar-refractivity contribution in [3.63, 3.8) is 0 Å². The fourth-order valence-electron chi connectivity index (χ4n) is 4.99. The molecule has 3 aromatic rings. The third-order valence-electron chi connectivity index (χ3n) is 7.71. The molecule has 0 aliphatic carbocycles. The topological polar surface area (TPSA) is 87.7 Å². The first-order chi connectivity index (χ1) is 19.9. The first-order valence-electron chi connectivity index (χ1n) is 15.0. The average molecular weight is 574 g/mol. The number of ether oxygens (including phenoxy) is 1. The molecule has 3 atom stereocenters. The quantitative estimate of drug-likeness (QED) is 0.246. The number of hydrogen-bond donors (Lipinski definition) is 2. The van der Waals surface area contributed by atoms with Crippen LogP contribution in [0.15, 0.2) is 60.7 Å². The summed E-state index contributed by atoms with van der Waals surface area (Å²) < 4.78 is 5.52. The number of nitrogens with zero attached hydrogens (tertiary/aromatic N) is 1. The Morgan fingerprint density at radius 1 is 0.929 bits per heavy atom. The normalized spacial score (nSPS) is 13.6. The molecule has 0 aromatic heterocycles. The van der Waals surface area contributed by atoms with Gasteiger partial charge in [0.25, 0.3) is 5.91 Å². The van der Waals surface area contributed by atoms with E-state index in [4.69, 9.17) is 4.74 Å². The van der Waals surface area contributed by atoms with Gasteiger partial charge in [-0.15, -0.1) is 0 Å². The summed E-state index contributed by atoms with van der Waals surface area (Å²) in [4.78, 5) is 43.3. The maximum Gasteiger partial charge on any atom is 0.408 e. The molecule has 42 heavy (non-hydrogen) atoms. The number of anilines is 1. The van der Waals surface area contributed by atoms with Crippen molar-refractivity contribution in [3.8, 4) is 0 Å². The van der Waals surface area contributed by atoms with Crippen LogP contribution in [0.3, 0.4) is 0 Å². The Morgan fingerprint density at radius 3 is 2.26 bits per heavy atom. The Hall–Kier alpha value is -3.87. The summed E-state index contributed by atoms with van der Waals surface area (Å²) in [6, 6.07) is 17.8. The van der Waals surface area contributed by atoms with E-state index in [9.17, 15) is 14.4 Å². The van der Waals surface area contributed by atoms with Gasteiger partial charge in [0.05, 0.1) is 0 Å². The highest BCUT2D eigenvalue weighted by Gasteiger charge is 2.38. The van der Waals surface area contributed by atoms with Crippen molar-refractivity contribution in [3.05, 3.63) is 77.4 Å². The van der Waals surface area contributed by atoms with Crippen LogP contribution in [-0.2, 0) is 14.3 Å². The average Bonchev–Trinajstić information content (AvgIpc) is 2.94. The van der Waals surface area contributed by atoms with Crippen molar-refractivity contribution >= 4 is 34.4 Å². The molecule has 7 heteroatoms. The van der Waals surface area contributed by atoms with Crippen LogP contribution in [0.4, 0.5) is 10.5 Å². The van der Waals surface area contributed by atoms with Gasteiger partial charge in [-0.3, -0.25) is 9.59 Å². The molecule has 0 spiro atoms. The van der Waals surface area contributed by atoms with Gasteiger partial charge in [-0.1, -0.05) is 82.1 Å². The number of alkyl carbamates (subject to hydrolysis) is 1. The lowest BCUT2D eigenvalue weighted by atomic mass is 9.92. The number of amides is 3. The molecule has 0 heterocycles. The van der Waals surface area contributed by atoms with Gasteiger partial charge in [0.15, 0.2) is 0 Å². The SMILES string of the molecule is CCCCN(C(=O)C(NC(=O)OC(C)(C)C)C(C)CC)C(C(=O)Nc1ccc2ccccc2c1)c1cccc(C)c1C. The molecule has 0 saturated carbocycles. The highest BCUT2D eigenvalue weighted by atomic mass is 16.6. The molecule has 3 unspecified atom stereocenters. The Balaban J connectivity index is 2.08. The second-order valence-corrected chi connectivity index (χ2v) is 12.1. The third-order valence-corrected chi connectivity index (χ3v) is 7.71. The second kappa shape index (κ2) is 14.3. The molecule has 0 aliphatic rings. The summed E-state index contributed by atoms with van der Waals surface area (Å²) in [5.41, 5.74) is 2.69. The van der Waals surface area contributed by atoms with Gasteiger partial charge in [-0.25, -0.2) is 4.79 Å². The summed E-state index contributed by atoms with van der Waals surface area (Å²) >= 11 is 0. The van der Waals surface area contributed by atoms with E-state index >= 15 is 0 Å². The third kappa shape index (κ3) is 8.34. The zero-order chi connectivity index (χ0) is 31.0. The van der Waals surface area contributed by atoms with Crippen molar-refractivity contribution < 1.29 is 19.1 Å².